The highest BCUT2D eigenvalue weighted by Gasteiger charge is 2.08. The minimum atomic E-state index is -0.854. The van der Waals surface area contributed by atoms with Crippen molar-refractivity contribution >= 4 is 5.97 Å². The van der Waals surface area contributed by atoms with Crippen LogP contribution in [0.1, 0.15) is 20.8 Å². The summed E-state index contributed by atoms with van der Waals surface area (Å²) in [7, 11) is 0. The summed E-state index contributed by atoms with van der Waals surface area (Å²) in [6, 6.07) is -0.288. The molecule has 0 saturated heterocycles. The third-order valence-electron chi connectivity index (χ3n) is 0.959. The summed E-state index contributed by atoms with van der Waals surface area (Å²) in [5.74, 6) is -0.854. The molecular formula is C6H14N2O2. The van der Waals surface area contributed by atoms with Crippen molar-refractivity contribution in [3.05, 3.63) is 0 Å². The molecule has 0 aromatic heterocycles. The van der Waals surface area contributed by atoms with Crippen molar-refractivity contribution in [1.29, 1.82) is 0 Å². The van der Waals surface area contributed by atoms with Crippen LogP contribution in [0.2, 0.25) is 0 Å². The monoisotopic (exact) mass is 146 g/mol. The second-order valence-electron chi connectivity index (χ2n) is 2.50. The van der Waals surface area contributed by atoms with Gasteiger partial charge in [-0.1, -0.05) is 0 Å². The van der Waals surface area contributed by atoms with Gasteiger partial charge in [-0.3, -0.25) is 10.2 Å². The van der Waals surface area contributed by atoms with Crippen LogP contribution < -0.4 is 10.9 Å². The Kier molecular flexibility index (Phi) is 3.99. The smallest absolute Gasteiger partial charge is 0.321 e. The summed E-state index contributed by atoms with van der Waals surface area (Å²) in [4.78, 5) is 10.2. The van der Waals surface area contributed by atoms with Crippen molar-refractivity contribution in [1.82, 2.24) is 10.9 Å². The van der Waals surface area contributed by atoms with E-state index in [1.165, 1.54) is 0 Å². The van der Waals surface area contributed by atoms with Gasteiger partial charge in [0.05, 0.1) is 0 Å². The predicted octanol–water partition coefficient (Wildman–Crippen LogP) is -0.0379. The predicted molar refractivity (Wildman–Crippen MR) is 38.5 cm³/mol. The van der Waals surface area contributed by atoms with Crippen LogP contribution in [0.3, 0.4) is 0 Å². The zero-order valence-electron chi connectivity index (χ0n) is 6.51. The quantitative estimate of drug-likeness (QED) is 0.487. The number of hydrogen-bond acceptors (Lipinski definition) is 3. The summed E-state index contributed by atoms with van der Waals surface area (Å²) in [5.41, 5.74) is 5.43. The number of hydrogen-bond donors (Lipinski definition) is 3. The van der Waals surface area contributed by atoms with E-state index in [4.69, 9.17) is 5.11 Å². The van der Waals surface area contributed by atoms with Crippen molar-refractivity contribution in [3.8, 4) is 0 Å². The third-order valence-corrected chi connectivity index (χ3v) is 0.959. The van der Waals surface area contributed by atoms with Gasteiger partial charge < -0.3 is 5.11 Å². The van der Waals surface area contributed by atoms with Crippen molar-refractivity contribution in [2.24, 2.45) is 0 Å². The Bertz CT molecular complexity index is 114. The van der Waals surface area contributed by atoms with E-state index in [2.05, 4.69) is 10.9 Å². The first kappa shape index (κ1) is 9.39. The van der Waals surface area contributed by atoms with Gasteiger partial charge in [0.25, 0.3) is 0 Å². The van der Waals surface area contributed by atoms with Crippen LogP contribution in [-0.2, 0) is 4.79 Å². The number of carboxylic acids is 1. The van der Waals surface area contributed by atoms with Crippen molar-refractivity contribution in [2.75, 3.05) is 0 Å². The number of aliphatic carboxylic acids is 1. The fourth-order valence-electron chi connectivity index (χ4n) is 0.353. The molecule has 0 aliphatic carbocycles. The van der Waals surface area contributed by atoms with Gasteiger partial charge in [0.2, 0.25) is 0 Å². The first-order valence-corrected chi connectivity index (χ1v) is 3.28. The molecule has 0 bridgehead atoms. The Morgan fingerprint density at radius 3 is 2.10 bits per heavy atom. The summed E-state index contributed by atoms with van der Waals surface area (Å²) in [5, 5.41) is 8.39. The van der Waals surface area contributed by atoms with Gasteiger partial charge in [-0.15, -0.1) is 0 Å². The molecule has 0 aromatic rings. The molecule has 0 aromatic carbocycles. The average Bonchev–Trinajstić information content (AvgIpc) is 1.82. The van der Waals surface area contributed by atoms with Gasteiger partial charge in [-0.25, -0.2) is 5.43 Å². The van der Waals surface area contributed by atoms with Crippen molar-refractivity contribution < 1.29 is 9.90 Å². The molecule has 10 heavy (non-hydrogen) atoms. The minimum absolute atomic E-state index is 0.252. The van der Waals surface area contributed by atoms with Gasteiger partial charge in [0, 0.05) is 6.04 Å². The fourth-order valence-corrected chi connectivity index (χ4v) is 0.353. The van der Waals surface area contributed by atoms with Crippen LogP contribution in [0.4, 0.5) is 0 Å². The molecule has 0 aliphatic heterocycles. The Balaban J connectivity index is 3.40. The second-order valence-corrected chi connectivity index (χ2v) is 2.50. The Morgan fingerprint density at radius 1 is 1.30 bits per heavy atom. The van der Waals surface area contributed by atoms with E-state index in [0.717, 1.165) is 0 Å². The largest absolute Gasteiger partial charge is 0.480 e. The van der Waals surface area contributed by atoms with Crippen molar-refractivity contribution in [2.45, 2.75) is 32.9 Å². The number of rotatable bonds is 4. The lowest BCUT2D eigenvalue weighted by atomic mass is 10.4. The highest BCUT2D eigenvalue weighted by Crippen LogP contribution is 1.78. The van der Waals surface area contributed by atoms with Crippen LogP contribution in [0.5, 0.6) is 0 Å². The Hall–Kier alpha value is -0.610. The number of carbonyl (C=O) groups is 1. The highest BCUT2D eigenvalue weighted by atomic mass is 16.4. The molecule has 4 heteroatoms. The lowest BCUT2D eigenvalue weighted by Gasteiger charge is -2.12. The summed E-state index contributed by atoms with van der Waals surface area (Å²) >= 11 is 0. The molecule has 4 nitrogen and oxygen atoms in total. The van der Waals surface area contributed by atoms with Crippen LogP contribution in [0, 0.1) is 0 Å². The zero-order chi connectivity index (χ0) is 8.15. The molecule has 0 spiro atoms. The second kappa shape index (κ2) is 4.24. The molecule has 0 amide bonds. The van der Waals surface area contributed by atoms with E-state index < -0.39 is 12.0 Å². The van der Waals surface area contributed by atoms with E-state index in [1.54, 1.807) is 6.92 Å². The Morgan fingerprint density at radius 2 is 1.80 bits per heavy atom. The van der Waals surface area contributed by atoms with E-state index >= 15 is 0 Å². The molecule has 3 N–H and O–H groups in total. The zero-order valence-corrected chi connectivity index (χ0v) is 6.51. The number of carboxylic acid groups (broad SMARTS) is 1. The summed E-state index contributed by atoms with van der Waals surface area (Å²) in [6.45, 7) is 5.45. The number of nitrogens with one attached hydrogen (secondary N) is 2. The van der Waals surface area contributed by atoms with Gasteiger partial charge in [-0.2, -0.15) is 0 Å². The topological polar surface area (TPSA) is 61.4 Å². The van der Waals surface area contributed by atoms with Gasteiger partial charge in [0.1, 0.15) is 6.04 Å². The molecular weight excluding hydrogens is 132 g/mol. The van der Waals surface area contributed by atoms with Crippen molar-refractivity contribution in [3.63, 3.8) is 0 Å². The summed E-state index contributed by atoms with van der Waals surface area (Å²) < 4.78 is 0. The molecule has 0 fully saturated rings. The van der Waals surface area contributed by atoms with E-state index in [9.17, 15) is 4.79 Å². The van der Waals surface area contributed by atoms with Gasteiger partial charge >= 0.3 is 5.97 Å². The van der Waals surface area contributed by atoms with Crippen LogP contribution >= 0.6 is 0 Å². The summed E-state index contributed by atoms with van der Waals surface area (Å²) in [6.07, 6.45) is 0. The molecule has 1 atom stereocenters. The maximum atomic E-state index is 10.2. The third kappa shape index (κ3) is 4.29. The minimum Gasteiger partial charge on any atom is -0.480 e. The molecule has 0 radical (unpaired) electrons. The number of hydrazine groups is 1. The normalized spacial score (nSPS) is 13.6. The first-order valence-electron chi connectivity index (χ1n) is 3.28. The van der Waals surface area contributed by atoms with Crippen LogP contribution in [0.15, 0.2) is 0 Å². The fraction of sp³-hybridized carbons (Fsp3) is 0.833. The van der Waals surface area contributed by atoms with E-state index in [-0.39, 0.29) is 6.04 Å². The maximum Gasteiger partial charge on any atom is 0.321 e. The molecule has 0 rings (SSSR count). The van der Waals surface area contributed by atoms with Gasteiger partial charge in [-0.05, 0) is 20.8 Å². The SMILES string of the molecule is CC(C)NN[C@@H](C)C(=O)O. The molecule has 60 valence electrons. The maximum absolute atomic E-state index is 10.2. The lowest BCUT2D eigenvalue weighted by molar-refractivity contribution is -0.139. The van der Waals surface area contributed by atoms with Crippen LogP contribution in [-0.4, -0.2) is 23.2 Å². The standard InChI is InChI=1S/C6H14N2O2/c1-4(2)7-8-5(3)6(9)10/h4-5,7-8H,1-3H3,(H,9,10)/t5-/m0/s1. The lowest BCUT2D eigenvalue weighted by Crippen LogP contribution is -2.46. The van der Waals surface area contributed by atoms with Gasteiger partial charge in [0.15, 0.2) is 0 Å². The Labute approximate surface area is 60.6 Å². The highest BCUT2D eigenvalue weighted by molar-refractivity contribution is 5.72. The molecule has 0 unspecified atom stereocenters. The molecule has 0 heterocycles. The van der Waals surface area contributed by atoms with E-state index in [1.807, 2.05) is 13.8 Å². The van der Waals surface area contributed by atoms with E-state index in [0.29, 0.717) is 0 Å². The van der Waals surface area contributed by atoms with Crippen LogP contribution in [0.25, 0.3) is 0 Å². The average molecular weight is 146 g/mol. The molecule has 0 aliphatic rings. The molecule has 0 saturated carbocycles. The first-order chi connectivity index (χ1) is 4.54.